The minimum absolute atomic E-state index is 0.342. The summed E-state index contributed by atoms with van der Waals surface area (Å²) >= 11 is 0. The van der Waals surface area contributed by atoms with Gasteiger partial charge in [0.2, 0.25) is 0 Å². The number of halogens is 1. The van der Waals surface area contributed by atoms with Crippen molar-refractivity contribution in [3.05, 3.63) is 23.3 Å². The summed E-state index contributed by atoms with van der Waals surface area (Å²) in [6, 6.07) is 3.03. The molecule has 2 rings (SSSR count). The first-order valence-corrected chi connectivity index (χ1v) is 4.29. The van der Waals surface area contributed by atoms with Crippen LogP contribution < -0.4 is 9.47 Å². The van der Waals surface area contributed by atoms with Gasteiger partial charge in [-0.3, -0.25) is 4.79 Å². The Kier molecular flexibility index (Phi) is 2.35. The SMILES string of the molecule is O=Cc1cc(CF)cc2c1OCCO2. The smallest absolute Gasteiger partial charge is 0.171 e. The first kappa shape index (κ1) is 8.99. The second-order valence-electron chi connectivity index (χ2n) is 2.96. The van der Waals surface area contributed by atoms with Gasteiger partial charge in [-0.1, -0.05) is 0 Å². The Hall–Kier alpha value is -1.58. The lowest BCUT2D eigenvalue weighted by Crippen LogP contribution is -2.16. The average Bonchev–Trinajstić information content (AvgIpc) is 2.27. The highest BCUT2D eigenvalue weighted by Gasteiger charge is 2.16. The molecular formula is C10H9FO3. The summed E-state index contributed by atoms with van der Waals surface area (Å²) in [5.74, 6) is 0.872. The molecule has 0 fully saturated rings. The molecule has 0 unspecified atom stereocenters. The van der Waals surface area contributed by atoms with E-state index in [0.717, 1.165) is 0 Å². The van der Waals surface area contributed by atoms with Crippen LogP contribution in [0.25, 0.3) is 0 Å². The average molecular weight is 196 g/mol. The number of carbonyl (C=O) groups is 1. The summed E-state index contributed by atoms with van der Waals surface area (Å²) in [6.07, 6.45) is 0.646. The number of aldehydes is 1. The summed E-state index contributed by atoms with van der Waals surface area (Å²) in [5.41, 5.74) is 0.770. The van der Waals surface area contributed by atoms with Crippen LogP contribution in [0, 0.1) is 0 Å². The van der Waals surface area contributed by atoms with Crippen LogP contribution >= 0.6 is 0 Å². The number of fused-ring (bicyclic) bond motifs is 1. The molecule has 0 aliphatic carbocycles. The van der Waals surface area contributed by atoms with Gasteiger partial charge in [-0.15, -0.1) is 0 Å². The van der Waals surface area contributed by atoms with Crippen LogP contribution in [-0.4, -0.2) is 19.5 Å². The first-order valence-electron chi connectivity index (χ1n) is 4.29. The van der Waals surface area contributed by atoms with Gasteiger partial charge in [-0.25, -0.2) is 4.39 Å². The van der Waals surface area contributed by atoms with E-state index in [1.54, 1.807) is 6.07 Å². The zero-order chi connectivity index (χ0) is 9.97. The van der Waals surface area contributed by atoms with Crippen molar-refractivity contribution in [1.82, 2.24) is 0 Å². The summed E-state index contributed by atoms with van der Waals surface area (Å²) in [4.78, 5) is 10.7. The molecule has 74 valence electrons. The van der Waals surface area contributed by atoms with Gasteiger partial charge in [-0.2, -0.15) is 0 Å². The molecule has 0 bridgehead atoms. The second kappa shape index (κ2) is 3.65. The van der Waals surface area contributed by atoms with E-state index in [-0.39, 0.29) is 0 Å². The molecule has 4 heteroatoms. The normalized spacial score (nSPS) is 13.8. The maximum atomic E-state index is 12.4. The van der Waals surface area contributed by atoms with Crippen LogP contribution in [0.3, 0.4) is 0 Å². The van der Waals surface area contributed by atoms with E-state index in [1.165, 1.54) is 6.07 Å². The highest BCUT2D eigenvalue weighted by Crippen LogP contribution is 2.34. The molecule has 1 aliphatic heterocycles. The van der Waals surface area contributed by atoms with Crippen molar-refractivity contribution >= 4 is 6.29 Å². The lowest BCUT2D eigenvalue weighted by atomic mass is 10.1. The van der Waals surface area contributed by atoms with Crippen molar-refractivity contribution in [2.24, 2.45) is 0 Å². The van der Waals surface area contributed by atoms with Gasteiger partial charge in [0.05, 0.1) is 5.56 Å². The van der Waals surface area contributed by atoms with Crippen LogP contribution in [0.2, 0.25) is 0 Å². The molecule has 1 heterocycles. The Morgan fingerprint density at radius 2 is 2.14 bits per heavy atom. The standard InChI is InChI=1S/C10H9FO3/c11-5-7-3-8(6-12)10-9(4-7)13-1-2-14-10/h3-4,6H,1-2,5H2. The molecule has 0 spiro atoms. The van der Waals surface area contributed by atoms with Gasteiger partial charge in [0, 0.05) is 0 Å². The van der Waals surface area contributed by atoms with Crippen LogP contribution in [0.1, 0.15) is 15.9 Å². The van der Waals surface area contributed by atoms with E-state index in [4.69, 9.17) is 9.47 Å². The third-order valence-electron chi connectivity index (χ3n) is 2.01. The Labute approximate surface area is 80.4 Å². The number of hydrogen-bond donors (Lipinski definition) is 0. The van der Waals surface area contributed by atoms with E-state index in [1.807, 2.05) is 0 Å². The minimum atomic E-state index is -0.614. The summed E-state index contributed by atoms with van der Waals surface area (Å²) in [5, 5.41) is 0. The van der Waals surface area contributed by atoms with Crippen LogP contribution in [0.15, 0.2) is 12.1 Å². The fourth-order valence-corrected chi connectivity index (χ4v) is 1.40. The van der Waals surface area contributed by atoms with Crippen molar-refractivity contribution < 1.29 is 18.7 Å². The Balaban J connectivity index is 2.52. The van der Waals surface area contributed by atoms with Crippen molar-refractivity contribution in [3.63, 3.8) is 0 Å². The number of rotatable bonds is 2. The Morgan fingerprint density at radius 1 is 1.36 bits per heavy atom. The van der Waals surface area contributed by atoms with Gasteiger partial charge in [-0.05, 0) is 17.7 Å². The molecular weight excluding hydrogens is 187 g/mol. The fourth-order valence-electron chi connectivity index (χ4n) is 1.40. The lowest BCUT2D eigenvalue weighted by Gasteiger charge is -2.20. The third kappa shape index (κ3) is 1.43. The van der Waals surface area contributed by atoms with Crippen LogP contribution in [0.5, 0.6) is 11.5 Å². The quantitative estimate of drug-likeness (QED) is 0.676. The van der Waals surface area contributed by atoms with Gasteiger partial charge < -0.3 is 9.47 Å². The molecule has 0 saturated carbocycles. The number of benzene rings is 1. The zero-order valence-electron chi connectivity index (χ0n) is 7.46. The fraction of sp³-hybridized carbons (Fsp3) is 0.300. The monoisotopic (exact) mass is 196 g/mol. The van der Waals surface area contributed by atoms with Crippen molar-refractivity contribution in [2.75, 3.05) is 13.2 Å². The van der Waals surface area contributed by atoms with E-state index in [9.17, 15) is 9.18 Å². The number of alkyl halides is 1. The molecule has 0 atom stereocenters. The molecule has 0 aromatic heterocycles. The van der Waals surface area contributed by atoms with E-state index in [0.29, 0.717) is 42.1 Å². The van der Waals surface area contributed by atoms with E-state index >= 15 is 0 Å². The molecule has 0 radical (unpaired) electrons. The predicted molar refractivity (Wildman–Crippen MR) is 47.6 cm³/mol. The third-order valence-corrected chi connectivity index (χ3v) is 2.01. The lowest BCUT2D eigenvalue weighted by molar-refractivity contribution is 0.111. The maximum absolute atomic E-state index is 12.4. The predicted octanol–water partition coefficient (Wildman–Crippen LogP) is 1.74. The molecule has 0 N–H and O–H groups in total. The summed E-state index contributed by atoms with van der Waals surface area (Å²) in [6.45, 7) is 0.237. The van der Waals surface area contributed by atoms with Gasteiger partial charge in [0.1, 0.15) is 19.9 Å². The van der Waals surface area contributed by atoms with E-state index in [2.05, 4.69) is 0 Å². The van der Waals surface area contributed by atoms with Gasteiger partial charge >= 0.3 is 0 Å². The molecule has 1 aliphatic rings. The minimum Gasteiger partial charge on any atom is -0.486 e. The molecule has 0 amide bonds. The van der Waals surface area contributed by atoms with Crippen molar-refractivity contribution in [2.45, 2.75) is 6.67 Å². The van der Waals surface area contributed by atoms with Crippen LogP contribution in [-0.2, 0) is 6.67 Å². The Bertz CT molecular complexity index is 363. The Morgan fingerprint density at radius 3 is 2.86 bits per heavy atom. The van der Waals surface area contributed by atoms with Crippen molar-refractivity contribution in [3.8, 4) is 11.5 Å². The largest absolute Gasteiger partial charge is 0.486 e. The zero-order valence-corrected chi connectivity index (χ0v) is 7.46. The highest BCUT2D eigenvalue weighted by molar-refractivity contribution is 5.81. The molecule has 1 aromatic rings. The van der Waals surface area contributed by atoms with Gasteiger partial charge in [0.15, 0.2) is 17.8 Å². The molecule has 3 nitrogen and oxygen atoms in total. The summed E-state index contributed by atoms with van der Waals surface area (Å²) in [7, 11) is 0. The van der Waals surface area contributed by atoms with E-state index < -0.39 is 6.67 Å². The molecule has 1 aromatic carbocycles. The first-order chi connectivity index (χ1) is 6.85. The number of hydrogen-bond acceptors (Lipinski definition) is 3. The summed E-state index contributed by atoms with van der Waals surface area (Å²) < 4.78 is 22.9. The number of ether oxygens (including phenoxy) is 2. The second-order valence-corrected chi connectivity index (χ2v) is 2.96. The molecule has 0 saturated heterocycles. The van der Waals surface area contributed by atoms with Crippen molar-refractivity contribution in [1.29, 1.82) is 0 Å². The van der Waals surface area contributed by atoms with Gasteiger partial charge in [0.25, 0.3) is 0 Å². The number of carbonyl (C=O) groups excluding carboxylic acids is 1. The maximum Gasteiger partial charge on any atom is 0.171 e. The van der Waals surface area contributed by atoms with Crippen LogP contribution in [0.4, 0.5) is 4.39 Å². The highest BCUT2D eigenvalue weighted by atomic mass is 19.1. The molecule has 14 heavy (non-hydrogen) atoms. The topological polar surface area (TPSA) is 35.5 Å².